The van der Waals surface area contributed by atoms with Crippen LogP contribution >= 0.6 is 0 Å². The van der Waals surface area contributed by atoms with Crippen molar-refractivity contribution >= 4 is 17.5 Å². The summed E-state index contributed by atoms with van der Waals surface area (Å²) in [7, 11) is 2.89. The number of anilines is 1. The molecule has 2 amide bonds. The van der Waals surface area contributed by atoms with E-state index in [9.17, 15) is 14.0 Å². The molecule has 174 valence electrons. The van der Waals surface area contributed by atoms with Crippen LogP contribution in [0.4, 0.5) is 10.1 Å². The van der Waals surface area contributed by atoms with Crippen LogP contribution in [0, 0.1) is 5.82 Å². The van der Waals surface area contributed by atoms with Crippen molar-refractivity contribution in [3.8, 4) is 0 Å². The molecule has 1 aromatic carbocycles. The Kier molecular flexibility index (Phi) is 8.60. The predicted molar refractivity (Wildman–Crippen MR) is 115 cm³/mol. The van der Waals surface area contributed by atoms with Gasteiger partial charge in [-0.3, -0.25) is 14.5 Å². The summed E-state index contributed by atoms with van der Waals surface area (Å²) < 4.78 is 29.7. The molecule has 0 aliphatic carbocycles. The van der Waals surface area contributed by atoms with Crippen LogP contribution < -0.4 is 15.5 Å². The van der Waals surface area contributed by atoms with Crippen molar-refractivity contribution in [3.05, 3.63) is 54.2 Å². The van der Waals surface area contributed by atoms with Gasteiger partial charge in [0.2, 0.25) is 0 Å². The van der Waals surface area contributed by atoms with Gasteiger partial charge in [-0.15, -0.1) is 0 Å². The van der Waals surface area contributed by atoms with Crippen molar-refractivity contribution in [3.63, 3.8) is 0 Å². The van der Waals surface area contributed by atoms with Gasteiger partial charge in [-0.05, 0) is 24.3 Å². The standard InChI is InChI=1S/C22H29FN4O5/c1-30-20(31-2)15-25-22(29)21(28)24-14-18(19-8-5-13-32-19)27-11-9-26(10-12-27)17-7-4-3-6-16(17)23/h3-8,13,18,20H,9-12,14-15H2,1-2H3,(H,24,28)(H,25,29)/t18-/m1/s1. The maximum atomic E-state index is 14.1. The highest BCUT2D eigenvalue weighted by Crippen LogP contribution is 2.25. The molecule has 2 heterocycles. The highest BCUT2D eigenvalue weighted by atomic mass is 19.1. The molecular weight excluding hydrogens is 419 g/mol. The van der Waals surface area contributed by atoms with E-state index < -0.39 is 18.1 Å². The number of amides is 2. The van der Waals surface area contributed by atoms with Crippen molar-refractivity contribution in [1.29, 1.82) is 0 Å². The fraction of sp³-hybridized carbons (Fsp3) is 0.455. The Morgan fingerprint density at radius 1 is 1.00 bits per heavy atom. The minimum absolute atomic E-state index is 0.0544. The lowest BCUT2D eigenvalue weighted by molar-refractivity contribution is -0.141. The Hall–Kier alpha value is -2.95. The average molecular weight is 448 g/mol. The zero-order chi connectivity index (χ0) is 22.9. The van der Waals surface area contributed by atoms with E-state index in [2.05, 4.69) is 15.5 Å². The normalized spacial score (nSPS) is 15.6. The number of methoxy groups -OCH3 is 2. The lowest BCUT2D eigenvalue weighted by atomic mass is 10.1. The van der Waals surface area contributed by atoms with Gasteiger partial charge in [0.25, 0.3) is 0 Å². The fourth-order valence-electron chi connectivity index (χ4n) is 3.66. The zero-order valence-electron chi connectivity index (χ0n) is 18.3. The SMILES string of the molecule is COC(CNC(=O)C(=O)NC[C@H](c1ccco1)N1CCN(c2ccccc2F)CC1)OC. The van der Waals surface area contributed by atoms with Crippen LogP contribution in [-0.2, 0) is 19.1 Å². The maximum absolute atomic E-state index is 14.1. The number of halogens is 1. The molecule has 1 fully saturated rings. The van der Waals surface area contributed by atoms with Gasteiger partial charge in [0, 0.05) is 46.9 Å². The van der Waals surface area contributed by atoms with Crippen molar-refractivity contribution in [2.24, 2.45) is 0 Å². The van der Waals surface area contributed by atoms with Gasteiger partial charge in [0.1, 0.15) is 11.6 Å². The third-order valence-electron chi connectivity index (χ3n) is 5.44. The zero-order valence-corrected chi connectivity index (χ0v) is 18.3. The first-order valence-corrected chi connectivity index (χ1v) is 10.4. The van der Waals surface area contributed by atoms with Crippen LogP contribution in [0.1, 0.15) is 11.8 Å². The summed E-state index contributed by atoms with van der Waals surface area (Å²) in [5.74, 6) is -1.08. The summed E-state index contributed by atoms with van der Waals surface area (Å²) in [4.78, 5) is 28.5. The van der Waals surface area contributed by atoms with E-state index in [1.54, 1.807) is 24.5 Å². The number of para-hydroxylation sites is 1. The minimum Gasteiger partial charge on any atom is -0.468 e. The molecule has 0 bridgehead atoms. The van der Waals surface area contributed by atoms with Gasteiger partial charge < -0.3 is 29.4 Å². The van der Waals surface area contributed by atoms with Crippen molar-refractivity contribution in [2.75, 3.05) is 58.4 Å². The summed E-state index contributed by atoms with van der Waals surface area (Å²) in [6, 6.07) is 10.1. The summed E-state index contributed by atoms with van der Waals surface area (Å²) in [5, 5.41) is 5.14. The number of furan rings is 1. The van der Waals surface area contributed by atoms with Crippen LogP contribution in [0.3, 0.4) is 0 Å². The predicted octanol–water partition coefficient (Wildman–Crippen LogP) is 1.13. The van der Waals surface area contributed by atoms with E-state index in [1.807, 2.05) is 17.0 Å². The number of ether oxygens (including phenoxy) is 2. The molecule has 1 aliphatic rings. The minimum atomic E-state index is -0.772. The van der Waals surface area contributed by atoms with Crippen LogP contribution in [-0.4, -0.2) is 76.5 Å². The quantitative estimate of drug-likeness (QED) is 0.439. The molecule has 0 spiro atoms. The van der Waals surface area contributed by atoms with Gasteiger partial charge in [-0.1, -0.05) is 12.1 Å². The van der Waals surface area contributed by atoms with Crippen LogP contribution in [0.15, 0.2) is 47.1 Å². The lowest BCUT2D eigenvalue weighted by Crippen LogP contribution is -2.51. The summed E-state index contributed by atoms with van der Waals surface area (Å²) >= 11 is 0. The number of piperazine rings is 1. The molecule has 32 heavy (non-hydrogen) atoms. The largest absolute Gasteiger partial charge is 0.468 e. The Morgan fingerprint density at radius 2 is 1.66 bits per heavy atom. The van der Waals surface area contributed by atoms with E-state index in [4.69, 9.17) is 13.9 Å². The first-order valence-electron chi connectivity index (χ1n) is 10.4. The Balaban J connectivity index is 1.57. The monoisotopic (exact) mass is 448 g/mol. The molecule has 0 unspecified atom stereocenters. The van der Waals surface area contributed by atoms with Gasteiger partial charge in [-0.25, -0.2) is 4.39 Å². The lowest BCUT2D eigenvalue weighted by Gasteiger charge is -2.39. The van der Waals surface area contributed by atoms with Gasteiger partial charge in [-0.2, -0.15) is 0 Å². The van der Waals surface area contributed by atoms with E-state index >= 15 is 0 Å². The molecular formula is C22H29FN4O5. The third-order valence-corrected chi connectivity index (χ3v) is 5.44. The van der Waals surface area contributed by atoms with Gasteiger partial charge in [0.05, 0.1) is 24.5 Å². The highest BCUT2D eigenvalue weighted by molar-refractivity contribution is 6.35. The van der Waals surface area contributed by atoms with Crippen molar-refractivity contribution < 1.29 is 27.9 Å². The number of nitrogens with zero attached hydrogens (tertiary/aromatic N) is 2. The number of carbonyl (C=O) groups excluding carboxylic acids is 2. The highest BCUT2D eigenvalue weighted by Gasteiger charge is 2.29. The van der Waals surface area contributed by atoms with E-state index in [1.165, 1.54) is 20.3 Å². The second-order valence-electron chi connectivity index (χ2n) is 7.33. The number of benzene rings is 1. The molecule has 1 aromatic heterocycles. The van der Waals surface area contributed by atoms with Crippen LogP contribution in [0.5, 0.6) is 0 Å². The average Bonchev–Trinajstić information content (AvgIpc) is 3.35. The van der Waals surface area contributed by atoms with Crippen LogP contribution in [0.2, 0.25) is 0 Å². The topological polar surface area (TPSA) is 96.3 Å². The maximum Gasteiger partial charge on any atom is 0.309 e. The second kappa shape index (κ2) is 11.6. The molecule has 9 nitrogen and oxygen atoms in total. The Morgan fingerprint density at radius 3 is 2.25 bits per heavy atom. The number of carbonyl (C=O) groups is 2. The number of rotatable bonds is 9. The van der Waals surface area contributed by atoms with E-state index in [0.717, 1.165) is 0 Å². The number of hydrogen-bond acceptors (Lipinski definition) is 7. The third kappa shape index (κ3) is 6.06. The van der Waals surface area contributed by atoms with Crippen molar-refractivity contribution in [1.82, 2.24) is 15.5 Å². The van der Waals surface area contributed by atoms with Crippen molar-refractivity contribution in [2.45, 2.75) is 12.3 Å². The molecule has 2 aromatic rings. The smallest absolute Gasteiger partial charge is 0.309 e. The van der Waals surface area contributed by atoms with Gasteiger partial charge >= 0.3 is 11.8 Å². The molecule has 1 aliphatic heterocycles. The Bertz CT molecular complexity index is 867. The molecule has 1 atom stereocenters. The van der Waals surface area contributed by atoms with Crippen LogP contribution in [0.25, 0.3) is 0 Å². The second-order valence-corrected chi connectivity index (χ2v) is 7.33. The number of hydrogen-bond donors (Lipinski definition) is 2. The van der Waals surface area contributed by atoms with E-state index in [-0.39, 0.29) is 24.9 Å². The number of nitrogens with one attached hydrogen (secondary N) is 2. The first-order chi connectivity index (χ1) is 15.5. The molecule has 3 rings (SSSR count). The van der Waals surface area contributed by atoms with E-state index in [0.29, 0.717) is 37.6 Å². The first kappa shape index (κ1) is 23.7. The molecule has 0 saturated carbocycles. The molecule has 10 heteroatoms. The summed E-state index contributed by atoms with van der Waals surface area (Å²) in [6.07, 6.45) is 0.940. The Labute approximate surface area is 186 Å². The molecule has 1 saturated heterocycles. The van der Waals surface area contributed by atoms with Gasteiger partial charge in [0.15, 0.2) is 6.29 Å². The molecule has 2 N–H and O–H groups in total. The molecule has 0 radical (unpaired) electrons. The summed E-state index contributed by atoms with van der Waals surface area (Å²) in [5.41, 5.74) is 0.581. The fourth-order valence-corrected chi connectivity index (χ4v) is 3.66. The summed E-state index contributed by atoms with van der Waals surface area (Å²) in [6.45, 7) is 2.79.